The van der Waals surface area contributed by atoms with E-state index in [2.05, 4.69) is 64.4 Å². The van der Waals surface area contributed by atoms with Gasteiger partial charge in [0.05, 0.1) is 11.7 Å². The maximum atomic E-state index is 4.89. The van der Waals surface area contributed by atoms with Crippen molar-refractivity contribution in [2.24, 2.45) is 0 Å². The molecule has 0 radical (unpaired) electrons. The Hall–Kier alpha value is -1.19. The molecule has 0 bridgehead atoms. The van der Waals surface area contributed by atoms with Crippen LogP contribution in [0.15, 0.2) is 17.5 Å². The van der Waals surface area contributed by atoms with Crippen LogP contribution in [0.25, 0.3) is 0 Å². The van der Waals surface area contributed by atoms with Gasteiger partial charge in [0.1, 0.15) is 5.01 Å². The van der Waals surface area contributed by atoms with E-state index in [4.69, 9.17) is 4.98 Å². The molecule has 114 valence electrons. The first-order valence-electron chi connectivity index (χ1n) is 7.45. The minimum Gasteiger partial charge on any atom is -0.307 e. The summed E-state index contributed by atoms with van der Waals surface area (Å²) in [6.07, 6.45) is 0. The first-order chi connectivity index (χ1) is 9.74. The van der Waals surface area contributed by atoms with Crippen molar-refractivity contribution < 1.29 is 0 Å². The Bertz CT molecular complexity index is 612. The first kappa shape index (κ1) is 16.2. The molecule has 1 aromatic carbocycles. The lowest BCUT2D eigenvalue weighted by atomic mass is 9.92. The molecule has 0 aliphatic rings. The van der Waals surface area contributed by atoms with E-state index >= 15 is 0 Å². The molecule has 0 fully saturated rings. The summed E-state index contributed by atoms with van der Waals surface area (Å²) in [4.78, 5) is 4.89. The highest BCUT2D eigenvalue weighted by molar-refractivity contribution is 7.09. The average Bonchev–Trinajstić information content (AvgIpc) is 2.82. The van der Waals surface area contributed by atoms with Gasteiger partial charge in [0, 0.05) is 10.8 Å². The van der Waals surface area contributed by atoms with Crippen molar-refractivity contribution in [3.63, 3.8) is 0 Å². The summed E-state index contributed by atoms with van der Waals surface area (Å²) >= 11 is 1.75. The summed E-state index contributed by atoms with van der Waals surface area (Å²) in [7, 11) is 2.02. The quantitative estimate of drug-likeness (QED) is 0.891. The molecule has 21 heavy (non-hydrogen) atoms. The number of nitrogens with zero attached hydrogens (tertiary/aromatic N) is 1. The van der Waals surface area contributed by atoms with Crippen LogP contribution in [0.1, 0.15) is 59.8 Å². The van der Waals surface area contributed by atoms with Crippen LogP contribution in [0.3, 0.4) is 0 Å². The standard InChI is InChI=1S/C18H26N2S/c1-11-8-12(2)15(13(3)9-11)16(19-7)17-20-14(10-21-17)18(4,5)6/h8-10,16,19H,1-7H3. The molecule has 3 heteroatoms. The molecule has 1 unspecified atom stereocenters. The molecule has 0 aliphatic carbocycles. The smallest absolute Gasteiger partial charge is 0.114 e. The molecule has 1 aromatic heterocycles. The van der Waals surface area contributed by atoms with Crippen LogP contribution in [0.2, 0.25) is 0 Å². The predicted octanol–water partition coefficient (Wildman–Crippen LogP) is 4.67. The van der Waals surface area contributed by atoms with Crippen molar-refractivity contribution in [2.75, 3.05) is 7.05 Å². The minimum atomic E-state index is 0.102. The summed E-state index contributed by atoms with van der Waals surface area (Å²) in [6, 6.07) is 4.68. The average molecular weight is 302 g/mol. The summed E-state index contributed by atoms with van der Waals surface area (Å²) < 4.78 is 0. The molecule has 0 aliphatic heterocycles. The van der Waals surface area contributed by atoms with Crippen LogP contribution in [-0.4, -0.2) is 12.0 Å². The monoisotopic (exact) mass is 302 g/mol. The van der Waals surface area contributed by atoms with E-state index in [9.17, 15) is 0 Å². The van der Waals surface area contributed by atoms with E-state index in [0.29, 0.717) is 0 Å². The van der Waals surface area contributed by atoms with Gasteiger partial charge in [-0.1, -0.05) is 38.5 Å². The Kier molecular flexibility index (Phi) is 4.54. The highest BCUT2D eigenvalue weighted by Crippen LogP contribution is 2.33. The lowest BCUT2D eigenvalue weighted by Crippen LogP contribution is -2.20. The van der Waals surface area contributed by atoms with Crippen LogP contribution in [-0.2, 0) is 5.41 Å². The zero-order valence-electron chi connectivity index (χ0n) is 14.2. The summed E-state index contributed by atoms with van der Waals surface area (Å²) in [5.41, 5.74) is 6.62. The first-order valence-corrected chi connectivity index (χ1v) is 8.33. The van der Waals surface area contributed by atoms with E-state index in [1.165, 1.54) is 27.9 Å². The molecule has 1 heterocycles. The van der Waals surface area contributed by atoms with E-state index in [-0.39, 0.29) is 11.5 Å². The second-order valence-corrected chi connectivity index (χ2v) is 7.74. The van der Waals surface area contributed by atoms with Crippen LogP contribution in [0, 0.1) is 20.8 Å². The fraction of sp³-hybridized carbons (Fsp3) is 0.500. The molecule has 0 spiro atoms. The van der Waals surface area contributed by atoms with Crippen LogP contribution < -0.4 is 5.32 Å². The molecule has 0 saturated carbocycles. The van der Waals surface area contributed by atoms with Gasteiger partial charge in [-0.2, -0.15) is 0 Å². The Morgan fingerprint density at radius 1 is 1.10 bits per heavy atom. The van der Waals surface area contributed by atoms with Gasteiger partial charge in [-0.25, -0.2) is 4.98 Å². The lowest BCUT2D eigenvalue weighted by Gasteiger charge is -2.20. The third kappa shape index (κ3) is 3.35. The van der Waals surface area contributed by atoms with Crippen LogP contribution >= 0.6 is 11.3 Å². The largest absolute Gasteiger partial charge is 0.307 e. The van der Waals surface area contributed by atoms with Gasteiger partial charge < -0.3 is 5.32 Å². The van der Waals surface area contributed by atoms with Crippen molar-refractivity contribution in [3.8, 4) is 0 Å². The Labute approximate surface area is 132 Å². The third-order valence-corrected chi connectivity index (χ3v) is 4.76. The number of hydrogen-bond donors (Lipinski definition) is 1. The van der Waals surface area contributed by atoms with E-state index in [1.54, 1.807) is 11.3 Å². The van der Waals surface area contributed by atoms with E-state index in [0.717, 1.165) is 5.01 Å². The fourth-order valence-corrected chi connectivity index (χ4v) is 3.96. The molecular formula is C18H26N2S. The maximum Gasteiger partial charge on any atom is 0.114 e. The number of aromatic nitrogens is 1. The number of nitrogens with one attached hydrogen (secondary N) is 1. The molecule has 2 aromatic rings. The molecule has 1 atom stereocenters. The van der Waals surface area contributed by atoms with Crippen LogP contribution in [0.4, 0.5) is 0 Å². The topological polar surface area (TPSA) is 24.9 Å². The highest BCUT2D eigenvalue weighted by Gasteiger charge is 2.23. The predicted molar refractivity (Wildman–Crippen MR) is 92.4 cm³/mol. The van der Waals surface area contributed by atoms with Gasteiger partial charge in [-0.15, -0.1) is 11.3 Å². The molecule has 0 amide bonds. The Morgan fingerprint density at radius 3 is 2.10 bits per heavy atom. The van der Waals surface area contributed by atoms with Gasteiger partial charge in [0.2, 0.25) is 0 Å². The Morgan fingerprint density at radius 2 is 1.67 bits per heavy atom. The summed E-state index contributed by atoms with van der Waals surface area (Å²) in [5.74, 6) is 0. The second-order valence-electron chi connectivity index (χ2n) is 6.86. The van der Waals surface area contributed by atoms with Crippen molar-refractivity contribution >= 4 is 11.3 Å². The molecular weight excluding hydrogens is 276 g/mol. The number of benzene rings is 1. The number of rotatable bonds is 3. The summed E-state index contributed by atoms with van der Waals surface area (Å²) in [6.45, 7) is 13.2. The lowest BCUT2D eigenvalue weighted by molar-refractivity contribution is 0.566. The minimum absolute atomic E-state index is 0.102. The van der Waals surface area contributed by atoms with Gasteiger partial charge in [-0.05, 0) is 44.5 Å². The molecule has 1 N–H and O–H groups in total. The Balaban J connectivity index is 2.48. The third-order valence-electron chi connectivity index (χ3n) is 3.85. The number of thiazole rings is 1. The van der Waals surface area contributed by atoms with E-state index in [1.807, 2.05) is 7.05 Å². The zero-order chi connectivity index (χ0) is 15.8. The number of hydrogen-bond acceptors (Lipinski definition) is 3. The van der Waals surface area contributed by atoms with Gasteiger partial charge in [0.25, 0.3) is 0 Å². The van der Waals surface area contributed by atoms with E-state index < -0.39 is 0 Å². The molecule has 2 rings (SSSR count). The maximum absolute atomic E-state index is 4.89. The van der Waals surface area contributed by atoms with Gasteiger partial charge >= 0.3 is 0 Å². The second kappa shape index (κ2) is 5.90. The number of aryl methyl sites for hydroxylation is 3. The molecule has 0 saturated heterocycles. The normalized spacial score (nSPS) is 13.5. The van der Waals surface area contributed by atoms with Crippen molar-refractivity contribution in [1.29, 1.82) is 0 Å². The summed E-state index contributed by atoms with van der Waals surface area (Å²) in [5, 5.41) is 6.79. The van der Waals surface area contributed by atoms with Crippen molar-refractivity contribution in [2.45, 2.75) is 53.0 Å². The molecule has 2 nitrogen and oxygen atoms in total. The van der Waals surface area contributed by atoms with Gasteiger partial charge in [0.15, 0.2) is 0 Å². The SMILES string of the molecule is CNC(c1nc(C(C)(C)C)cs1)c1c(C)cc(C)cc1C. The van der Waals surface area contributed by atoms with Crippen molar-refractivity contribution in [3.05, 3.63) is 50.5 Å². The zero-order valence-corrected chi connectivity index (χ0v) is 15.0. The van der Waals surface area contributed by atoms with Crippen LogP contribution in [0.5, 0.6) is 0 Å². The highest BCUT2D eigenvalue weighted by atomic mass is 32.1. The fourth-order valence-electron chi connectivity index (χ4n) is 2.80. The van der Waals surface area contributed by atoms with Gasteiger partial charge in [-0.3, -0.25) is 0 Å². The van der Waals surface area contributed by atoms with Crippen molar-refractivity contribution in [1.82, 2.24) is 10.3 Å².